The van der Waals surface area contributed by atoms with Crippen molar-refractivity contribution in [2.75, 3.05) is 13.2 Å². The van der Waals surface area contributed by atoms with E-state index in [2.05, 4.69) is 119 Å². The predicted molar refractivity (Wildman–Crippen MR) is 163 cm³/mol. The molecular formula is C36H44O3. The molecule has 1 aliphatic rings. The molecule has 3 atom stereocenters. The first kappa shape index (κ1) is 28.7. The summed E-state index contributed by atoms with van der Waals surface area (Å²) in [7, 11) is 0. The summed E-state index contributed by atoms with van der Waals surface area (Å²) in [6.07, 6.45) is 10.5. The van der Waals surface area contributed by atoms with Gasteiger partial charge >= 0.3 is 0 Å². The van der Waals surface area contributed by atoms with Crippen LogP contribution in [0.1, 0.15) is 70.4 Å². The molecule has 0 radical (unpaired) electrons. The summed E-state index contributed by atoms with van der Waals surface area (Å²) in [5, 5.41) is 0. The SMILES string of the molecule is CC(C)CC(c1ccc(OC(C)OCCOc2c(-c3ccccc3)cccc2C2C=CC=CC2)cc1)C(C)C. The van der Waals surface area contributed by atoms with Gasteiger partial charge < -0.3 is 14.2 Å². The first-order valence-corrected chi connectivity index (χ1v) is 14.4. The number of rotatable bonds is 13. The topological polar surface area (TPSA) is 27.7 Å². The second-order valence-electron chi connectivity index (χ2n) is 11.2. The lowest BCUT2D eigenvalue weighted by molar-refractivity contribution is -0.0739. The van der Waals surface area contributed by atoms with Gasteiger partial charge in [0.25, 0.3) is 0 Å². The Hall–Kier alpha value is -3.30. The number of hydrogen-bond donors (Lipinski definition) is 0. The minimum Gasteiger partial charge on any atom is -0.490 e. The zero-order chi connectivity index (χ0) is 27.6. The lowest BCUT2D eigenvalue weighted by Crippen LogP contribution is -2.20. The molecule has 0 fully saturated rings. The Morgan fingerprint density at radius 2 is 1.56 bits per heavy atom. The van der Waals surface area contributed by atoms with Crippen molar-refractivity contribution >= 4 is 0 Å². The molecule has 3 nitrogen and oxygen atoms in total. The van der Waals surface area contributed by atoms with Crippen LogP contribution in [-0.4, -0.2) is 19.5 Å². The number of benzene rings is 3. The van der Waals surface area contributed by atoms with Crippen LogP contribution in [0.25, 0.3) is 11.1 Å². The van der Waals surface area contributed by atoms with Gasteiger partial charge in [0, 0.05) is 17.0 Å². The molecule has 39 heavy (non-hydrogen) atoms. The van der Waals surface area contributed by atoms with Crippen molar-refractivity contribution in [3.63, 3.8) is 0 Å². The average Bonchev–Trinajstić information content (AvgIpc) is 2.95. The maximum absolute atomic E-state index is 6.43. The van der Waals surface area contributed by atoms with Crippen LogP contribution in [0.4, 0.5) is 0 Å². The summed E-state index contributed by atoms with van der Waals surface area (Å²) >= 11 is 0. The first-order chi connectivity index (χ1) is 18.9. The molecule has 3 aromatic rings. The Labute approximate surface area is 235 Å². The molecule has 0 saturated carbocycles. The van der Waals surface area contributed by atoms with Crippen molar-refractivity contribution in [2.45, 2.75) is 65.6 Å². The Morgan fingerprint density at radius 1 is 0.795 bits per heavy atom. The lowest BCUT2D eigenvalue weighted by Gasteiger charge is -2.24. The van der Waals surface area contributed by atoms with Crippen LogP contribution in [0, 0.1) is 11.8 Å². The van der Waals surface area contributed by atoms with Crippen molar-refractivity contribution in [3.8, 4) is 22.6 Å². The monoisotopic (exact) mass is 524 g/mol. The number of hydrogen-bond acceptors (Lipinski definition) is 3. The van der Waals surface area contributed by atoms with E-state index in [0.717, 1.165) is 29.0 Å². The third kappa shape index (κ3) is 8.10. The van der Waals surface area contributed by atoms with Crippen molar-refractivity contribution in [1.29, 1.82) is 0 Å². The fourth-order valence-corrected chi connectivity index (χ4v) is 5.34. The smallest absolute Gasteiger partial charge is 0.197 e. The van der Waals surface area contributed by atoms with Gasteiger partial charge in [-0.05, 0) is 60.8 Å². The van der Waals surface area contributed by atoms with E-state index in [1.165, 1.54) is 17.5 Å². The highest BCUT2D eigenvalue weighted by molar-refractivity contribution is 5.72. The Balaban J connectivity index is 1.36. The van der Waals surface area contributed by atoms with Gasteiger partial charge in [0.15, 0.2) is 6.29 Å². The van der Waals surface area contributed by atoms with Crippen LogP contribution < -0.4 is 9.47 Å². The summed E-state index contributed by atoms with van der Waals surface area (Å²) in [6.45, 7) is 12.0. The molecule has 0 N–H and O–H groups in total. The van der Waals surface area contributed by atoms with Gasteiger partial charge in [-0.25, -0.2) is 0 Å². The van der Waals surface area contributed by atoms with Gasteiger partial charge in [0.1, 0.15) is 18.1 Å². The first-order valence-electron chi connectivity index (χ1n) is 14.4. The van der Waals surface area contributed by atoms with Crippen molar-refractivity contribution in [1.82, 2.24) is 0 Å². The molecule has 0 aliphatic heterocycles. The van der Waals surface area contributed by atoms with E-state index in [9.17, 15) is 0 Å². The Morgan fingerprint density at radius 3 is 2.23 bits per heavy atom. The van der Waals surface area contributed by atoms with Gasteiger partial charge in [0.05, 0.1) is 6.61 Å². The predicted octanol–water partition coefficient (Wildman–Crippen LogP) is 9.56. The maximum atomic E-state index is 6.43. The molecule has 0 bridgehead atoms. The van der Waals surface area contributed by atoms with E-state index >= 15 is 0 Å². The molecule has 3 aromatic carbocycles. The van der Waals surface area contributed by atoms with Gasteiger partial charge in [-0.15, -0.1) is 0 Å². The highest BCUT2D eigenvalue weighted by Crippen LogP contribution is 2.39. The highest BCUT2D eigenvalue weighted by Gasteiger charge is 2.19. The van der Waals surface area contributed by atoms with Crippen molar-refractivity contribution < 1.29 is 14.2 Å². The normalized spacial score (nSPS) is 16.4. The Bertz CT molecular complexity index is 1210. The third-order valence-electron chi connectivity index (χ3n) is 7.33. The van der Waals surface area contributed by atoms with Crippen LogP contribution in [0.5, 0.6) is 11.5 Å². The molecule has 3 heteroatoms. The summed E-state index contributed by atoms with van der Waals surface area (Å²) in [5.41, 5.74) is 4.85. The van der Waals surface area contributed by atoms with Crippen LogP contribution in [0.3, 0.4) is 0 Å². The van der Waals surface area contributed by atoms with Crippen molar-refractivity contribution in [3.05, 3.63) is 108 Å². The molecule has 0 heterocycles. The number of ether oxygens (including phenoxy) is 3. The van der Waals surface area contributed by atoms with Crippen LogP contribution in [-0.2, 0) is 4.74 Å². The third-order valence-corrected chi connectivity index (χ3v) is 7.33. The van der Waals surface area contributed by atoms with Crippen LogP contribution in [0.15, 0.2) is 97.1 Å². The molecule has 1 aliphatic carbocycles. The zero-order valence-corrected chi connectivity index (χ0v) is 24.2. The molecule has 0 aromatic heterocycles. The molecule has 0 spiro atoms. The molecule has 4 rings (SSSR count). The van der Waals surface area contributed by atoms with E-state index < -0.39 is 0 Å². The summed E-state index contributed by atoms with van der Waals surface area (Å²) in [4.78, 5) is 0. The summed E-state index contributed by atoms with van der Waals surface area (Å²) in [5.74, 6) is 3.91. The number of allylic oxidation sites excluding steroid dienone is 4. The quantitative estimate of drug-likeness (QED) is 0.165. The van der Waals surface area contributed by atoms with Gasteiger partial charge in [-0.3, -0.25) is 0 Å². The Kier molecular flexibility index (Phi) is 10.4. The van der Waals surface area contributed by atoms with E-state index in [4.69, 9.17) is 14.2 Å². The fraction of sp³-hybridized carbons (Fsp3) is 0.389. The van der Waals surface area contributed by atoms with E-state index in [1.807, 2.05) is 13.0 Å². The molecule has 3 unspecified atom stereocenters. The average molecular weight is 525 g/mol. The maximum Gasteiger partial charge on any atom is 0.197 e. The van der Waals surface area contributed by atoms with Gasteiger partial charge in [-0.1, -0.05) is 113 Å². The number of para-hydroxylation sites is 1. The highest BCUT2D eigenvalue weighted by atomic mass is 16.7. The van der Waals surface area contributed by atoms with E-state index in [0.29, 0.717) is 36.9 Å². The largest absolute Gasteiger partial charge is 0.490 e. The minimum atomic E-state index is -0.369. The van der Waals surface area contributed by atoms with Gasteiger partial charge in [-0.2, -0.15) is 0 Å². The zero-order valence-electron chi connectivity index (χ0n) is 24.2. The summed E-state index contributed by atoms with van der Waals surface area (Å²) < 4.78 is 18.5. The standard InChI is InChI=1S/C36H44O3/c1-26(2)25-35(27(3)4)31-19-21-32(22-20-31)39-28(5)37-23-24-38-36-33(29-13-8-6-9-14-29)17-12-18-34(36)30-15-10-7-11-16-30/h6-15,17-22,26-28,30,35H,16,23-25H2,1-5H3. The van der Waals surface area contributed by atoms with E-state index in [1.54, 1.807) is 0 Å². The van der Waals surface area contributed by atoms with E-state index in [-0.39, 0.29) is 6.29 Å². The lowest BCUT2D eigenvalue weighted by atomic mass is 9.82. The molecule has 206 valence electrons. The van der Waals surface area contributed by atoms with Crippen LogP contribution >= 0.6 is 0 Å². The molecule has 0 saturated heterocycles. The fourth-order valence-electron chi connectivity index (χ4n) is 5.34. The van der Waals surface area contributed by atoms with Crippen LogP contribution in [0.2, 0.25) is 0 Å². The molecular weight excluding hydrogens is 480 g/mol. The van der Waals surface area contributed by atoms with Gasteiger partial charge in [0.2, 0.25) is 0 Å². The summed E-state index contributed by atoms with van der Waals surface area (Å²) in [6, 6.07) is 25.4. The second kappa shape index (κ2) is 14.2. The minimum absolute atomic E-state index is 0.302. The second-order valence-corrected chi connectivity index (χ2v) is 11.2. The molecule has 0 amide bonds. The van der Waals surface area contributed by atoms with Crippen molar-refractivity contribution in [2.24, 2.45) is 11.8 Å².